The normalized spacial score (nSPS) is 11.7. The molecule has 0 fully saturated rings. The van der Waals surface area contributed by atoms with E-state index in [4.69, 9.17) is 0 Å². The fourth-order valence-electron chi connectivity index (χ4n) is 2.62. The van der Waals surface area contributed by atoms with Crippen LogP contribution in [-0.2, 0) is 11.8 Å². The molecule has 9 heteroatoms. The zero-order chi connectivity index (χ0) is 20.6. The Kier molecular flexibility index (Phi) is 6.96. The van der Waals surface area contributed by atoms with Gasteiger partial charge in [-0.3, -0.25) is 9.59 Å². The summed E-state index contributed by atoms with van der Waals surface area (Å²) in [5, 5.41) is 17.4. The van der Waals surface area contributed by atoms with Crippen molar-refractivity contribution in [2.75, 3.05) is 17.6 Å². The molecule has 1 heterocycles. The van der Waals surface area contributed by atoms with Crippen LogP contribution in [0.25, 0.3) is 0 Å². The van der Waals surface area contributed by atoms with E-state index in [1.807, 2.05) is 30.3 Å². The zero-order valence-electron chi connectivity index (χ0n) is 16.2. The Hall–Kier alpha value is -3.20. The quantitative estimate of drug-likeness (QED) is 0.553. The number of aryl methyl sites for hydroxylation is 1. The van der Waals surface area contributed by atoms with E-state index in [1.54, 1.807) is 31.3 Å². The number of tetrazole rings is 1. The minimum absolute atomic E-state index is 0.143. The van der Waals surface area contributed by atoms with Gasteiger partial charge in [0, 0.05) is 24.8 Å². The molecule has 0 aliphatic carbocycles. The number of thioether (sulfide) groups is 1. The molecule has 3 aromatic rings. The van der Waals surface area contributed by atoms with Gasteiger partial charge in [-0.1, -0.05) is 49.0 Å². The van der Waals surface area contributed by atoms with Crippen LogP contribution in [0.5, 0.6) is 0 Å². The van der Waals surface area contributed by atoms with Crippen LogP contribution >= 0.6 is 11.8 Å². The average molecular weight is 411 g/mol. The summed E-state index contributed by atoms with van der Waals surface area (Å²) in [4.78, 5) is 24.4. The lowest BCUT2D eigenvalue weighted by Crippen LogP contribution is -2.27. The second-order valence-corrected chi connectivity index (χ2v) is 7.46. The fourth-order valence-corrected chi connectivity index (χ4v) is 3.27. The van der Waals surface area contributed by atoms with Gasteiger partial charge >= 0.3 is 0 Å². The lowest BCUT2D eigenvalue weighted by Gasteiger charge is -2.13. The van der Waals surface area contributed by atoms with Gasteiger partial charge in [0.1, 0.15) is 0 Å². The van der Waals surface area contributed by atoms with Crippen LogP contribution in [0.1, 0.15) is 28.8 Å². The molecule has 0 saturated carbocycles. The molecule has 3 rings (SSSR count). The Labute approximate surface area is 173 Å². The maximum atomic E-state index is 12.4. The summed E-state index contributed by atoms with van der Waals surface area (Å²) in [6, 6.07) is 16.9. The number of aromatic nitrogens is 4. The number of carbonyl (C=O) groups is 2. The Morgan fingerprint density at radius 1 is 1.10 bits per heavy atom. The van der Waals surface area contributed by atoms with Crippen LogP contribution in [0.3, 0.4) is 0 Å². The van der Waals surface area contributed by atoms with Gasteiger partial charge in [0.2, 0.25) is 11.1 Å². The van der Waals surface area contributed by atoms with Crippen molar-refractivity contribution in [2.45, 2.75) is 18.0 Å². The number of amides is 2. The van der Waals surface area contributed by atoms with Crippen LogP contribution in [0.15, 0.2) is 59.8 Å². The van der Waals surface area contributed by atoms with Gasteiger partial charge in [0.15, 0.2) is 0 Å². The third kappa shape index (κ3) is 5.89. The molecule has 1 aromatic heterocycles. The number of nitrogens with one attached hydrogen (secondary N) is 2. The molecule has 29 heavy (non-hydrogen) atoms. The summed E-state index contributed by atoms with van der Waals surface area (Å²) in [5.41, 5.74) is 2.35. The van der Waals surface area contributed by atoms with Crippen molar-refractivity contribution in [1.82, 2.24) is 25.5 Å². The molecular formula is C20H22N6O2S. The highest BCUT2D eigenvalue weighted by Gasteiger charge is 2.11. The molecular weight excluding hydrogens is 388 g/mol. The van der Waals surface area contributed by atoms with Crippen LogP contribution in [0, 0.1) is 0 Å². The number of hydrogen-bond acceptors (Lipinski definition) is 6. The number of nitrogens with zero attached hydrogens (tertiary/aromatic N) is 4. The van der Waals surface area contributed by atoms with Crippen molar-refractivity contribution in [3.63, 3.8) is 0 Å². The summed E-state index contributed by atoms with van der Waals surface area (Å²) in [7, 11) is 1.71. The first-order valence-corrected chi connectivity index (χ1v) is 10.1. The highest BCUT2D eigenvalue weighted by Crippen LogP contribution is 2.15. The van der Waals surface area contributed by atoms with Crippen molar-refractivity contribution in [2.24, 2.45) is 7.05 Å². The second-order valence-electron chi connectivity index (χ2n) is 6.52. The fraction of sp³-hybridized carbons (Fsp3) is 0.250. The topological polar surface area (TPSA) is 102 Å². The molecule has 8 nitrogen and oxygen atoms in total. The highest BCUT2D eigenvalue weighted by atomic mass is 32.2. The van der Waals surface area contributed by atoms with E-state index in [9.17, 15) is 9.59 Å². The van der Waals surface area contributed by atoms with Gasteiger partial charge < -0.3 is 10.6 Å². The van der Waals surface area contributed by atoms with Crippen LogP contribution < -0.4 is 10.6 Å². The van der Waals surface area contributed by atoms with Gasteiger partial charge in [-0.15, -0.1) is 5.10 Å². The molecule has 1 atom stereocenters. The van der Waals surface area contributed by atoms with Gasteiger partial charge in [-0.2, -0.15) is 0 Å². The van der Waals surface area contributed by atoms with E-state index >= 15 is 0 Å². The van der Waals surface area contributed by atoms with E-state index in [1.165, 1.54) is 22.0 Å². The lowest BCUT2D eigenvalue weighted by molar-refractivity contribution is -0.113. The van der Waals surface area contributed by atoms with Crippen molar-refractivity contribution in [3.05, 3.63) is 65.7 Å². The summed E-state index contributed by atoms with van der Waals surface area (Å²) >= 11 is 1.25. The number of rotatable bonds is 8. The minimum Gasteiger partial charge on any atom is -0.351 e. The third-order valence-electron chi connectivity index (χ3n) is 4.28. The van der Waals surface area contributed by atoms with Crippen molar-refractivity contribution >= 4 is 29.3 Å². The largest absolute Gasteiger partial charge is 0.351 e. The number of hydrogen-bond donors (Lipinski definition) is 2. The Morgan fingerprint density at radius 3 is 2.48 bits per heavy atom. The molecule has 0 bridgehead atoms. The molecule has 2 N–H and O–H groups in total. The number of anilines is 1. The van der Waals surface area contributed by atoms with Gasteiger partial charge in [-0.25, -0.2) is 4.68 Å². The predicted molar refractivity (Wildman–Crippen MR) is 112 cm³/mol. The Bertz CT molecular complexity index is 959. The maximum Gasteiger partial charge on any atom is 0.251 e. The molecule has 0 radical (unpaired) electrons. The highest BCUT2D eigenvalue weighted by molar-refractivity contribution is 7.99. The summed E-state index contributed by atoms with van der Waals surface area (Å²) in [5.74, 6) is 0.0941. The molecule has 150 valence electrons. The van der Waals surface area contributed by atoms with E-state index in [0.717, 1.165) is 0 Å². The zero-order valence-corrected chi connectivity index (χ0v) is 17.0. The monoisotopic (exact) mass is 410 g/mol. The Balaban J connectivity index is 1.47. The number of benzene rings is 2. The summed E-state index contributed by atoms with van der Waals surface area (Å²) in [6.07, 6.45) is 0. The number of carbonyl (C=O) groups excluding carboxylic acids is 2. The van der Waals surface area contributed by atoms with E-state index in [-0.39, 0.29) is 23.5 Å². The first kappa shape index (κ1) is 20.5. The van der Waals surface area contributed by atoms with Gasteiger partial charge in [-0.05, 0) is 46.2 Å². The van der Waals surface area contributed by atoms with E-state index in [0.29, 0.717) is 23.0 Å². The minimum atomic E-state index is -0.174. The van der Waals surface area contributed by atoms with Crippen LogP contribution in [0.2, 0.25) is 0 Å². The molecule has 0 spiro atoms. The molecule has 0 aliphatic rings. The van der Waals surface area contributed by atoms with Gasteiger partial charge in [0.25, 0.3) is 5.91 Å². The van der Waals surface area contributed by atoms with E-state index < -0.39 is 0 Å². The molecule has 1 unspecified atom stereocenters. The Morgan fingerprint density at radius 2 is 1.83 bits per heavy atom. The summed E-state index contributed by atoms with van der Waals surface area (Å²) < 4.78 is 1.50. The SMILES string of the molecule is CC(CNC(=O)c1ccc(NC(=O)CSc2nnnn2C)cc1)c1ccccc1. The standard InChI is InChI=1S/C20H22N6O2S/c1-14(15-6-4-3-5-7-15)12-21-19(28)16-8-10-17(11-9-16)22-18(27)13-29-20-23-24-25-26(20)2/h3-11,14H,12-13H2,1-2H3,(H,21,28)(H,22,27). The van der Waals surface area contributed by atoms with E-state index in [2.05, 4.69) is 33.1 Å². The van der Waals surface area contributed by atoms with Crippen LogP contribution in [0.4, 0.5) is 5.69 Å². The maximum absolute atomic E-state index is 12.4. The lowest BCUT2D eigenvalue weighted by atomic mass is 10.0. The van der Waals surface area contributed by atoms with Crippen molar-refractivity contribution in [3.8, 4) is 0 Å². The predicted octanol–water partition coefficient (Wildman–Crippen LogP) is 2.47. The third-order valence-corrected chi connectivity index (χ3v) is 5.29. The van der Waals surface area contributed by atoms with Crippen molar-refractivity contribution < 1.29 is 9.59 Å². The molecule has 0 aliphatic heterocycles. The molecule has 0 saturated heterocycles. The summed E-state index contributed by atoms with van der Waals surface area (Å²) in [6.45, 7) is 2.62. The first-order chi connectivity index (χ1) is 14.0. The van der Waals surface area contributed by atoms with Gasteiger partial charge in [0.05, 0.1) is 5.75 Å². The smallest absolute Gasteiger partial charge is 0.251 e. The second kappa shape index (κ2) is 9.83. The molecule has 2 amide bonds. The molecule has 2 aromatic carbocycles. The van der Waals surface area contributed by atoms with Crippen molar-refractivity contribution in [1.29, 1.82) is 0 Å². The van der Waals surface area contributed by atoms with Crippen LogP contribution in [-0.4, -0.2) is 44.3 Å². The average Bonchev–Trinajstić information content (AvgIpc) is 3.16. The first-order valence-electron chi connectivity index (χ1n) is 9.11.